The van der Waals surface area contributed by atoms with Crippen molar-refractivity contribution in [1.82, 2.24) is 45.2 Å². The molecular weight excluding hydrogens is 977 g/mol. The molecule has 9 heterocycles. The molecule has 7 aliphatic heterocycles. The van der Waals surface area contributed by atoms with E-state index in [2.05, 4.69) is 48.1 Å². The van der Waals surface area contributed by atoms with Gasteiger partial charge in [-0.3, -0.25) is 44.2 Å². The number of piperazine rings is 2. The van der Waals surface area contributed by atoms with Gasteiger partial charge in [-0.2, -0.15) is 9.97 Å². The van der Waals surface area contributed by atoms with Crippen LogP contribution in [0.3, 0.4) is 0 Å². The number of benzene rings is 3. The highest BCUT2D eigenvalue weighted by atomic mass is 19.1. The Morgan fingerprint density at radius 2 is 1.75 bits per heavy atom. The summed E-state index contributed by atoms with van der Waals surface area (Å²) in [5, 5.41) is 10.7. The fraction of sp³-hybridized carbons (Fsp3) is 0.429. The van der Waals surface area contributed by atoms with E-state index in [0.717, 1.165) is 49.1 Å². The van der Waals surface area contributed by atoms with Crippen LogP contribution in [-0.2, 0) is 14.3 Å². The molecule has 5 atom stereocenters. The van der Waals surface area contributed by atoms with Crippen LogP contribution in [0.5, 0.6) is 6.01 Å². The van der Waals surface area contributed by atoms with E-state index in [4.69, 9.17) is 25.9 Å². The molecule has 3 aromatic carbocycles. The summed E-state index contributed by atoms with van der Waals surface area (Å²) in [6.45, 7) is 10.5. The van der Waals surface area contributed by atoms with Crippen LogP contribution in [0.1, 0.15) is 77.6 Å². The van der Waals surface area contributed by atoms with Crippen LogP contribution >= 0.6 is 0 Å². The highest BCUT2D eigenvalue weighted by Gasteiger charge is 2.52. The number of imide groups is 2. The van der Waals surface area contributed by atoms with Gasteiger partial charge in [0.15, 0.2) is 5.82 Å². The number of nitrogens with zero attached hydrogens (tertiary/aromatic N) is 8. The van der Waals surface area contributed by atoms with Crippen molar-refractivity contribution in [3.05, 3.63) is 95.2 Å². The van der Waals surface area contributed by atoms with Crippen molar-refractivity contribution in [1.29, 1.82) is 0 Å². The molecule has 0 radical (unpaired) electrons. The maximum atomic E-state index is 17.2. The number of carbonyl (C=O) groups is 5. The lowest BCUT2D eigenvalue weighted by Gasteiger charge is -2.36. The molecule has 6 saturated heterocycles. The number of aromatic nitrogens is 3. The standard InChI is InChI=1S/C56H57F2N11O7/c1-3-38-43(57)13-8-33-6-4-7-40(46(33)38)48-47(58)49-42(26-60-48)50(67-28-35-9-10-36(29-67)61-35)64-54(63-49)76-31-56-17-16-37(68(56)27-32(2)25-56)30-75-55(74)66-22-20-65(21-23-66)19-5-18-59-34-11-12-39-41(24-34)53(73)69(52(39)72)44-14-15-45(70)62-51(44)71/h1,4,6-8,11-13,24,26,35-37,44,59,61H,2,5,9-10,14-23,25,27-31H2,(H,62,70,71)/t35?,36?,37-,44?,56-/m0/s1. The van der Waals surface area contributed by atoms with Crippen molar-refractivity contribution in [3.8, 4) is 29.6 Å². The van der Waals surface area contributed by atoms with Gasteiger partial charge in [-0.15, -0.1) is 6.42 Å². The highest BCUT2D eigenvalue weighted by molar-refractivity contribution is 6.23. The number of rotatable bonds is 13. The van der Waals surface area contributed by atoms with Crippen LogP contribution in [0.25, 0.3) is 32.9 Å². The van der Waals surface area contributed by atoms with E-state index in [1.807, 2.05) is 0 Å². The molecule has 0 saturated carbocycles. The monoisotopic (exact) mass is 1030 g/mol. The average Bonchev–Trinajstić information content (AvgIpc) is 4.25. The van der Waals surface area contributed by atoms with E-state index in [1.165, 1.54) is 6.07 Å². The Hall–Kier alpha value is -7.60. The number of carbonyl (C=O) groups excluding carboxylic acids is 5. The minimum absolute atomic E-state index is 0.00791. The fourth-order valence-electron chi connectivity index (χ4n) is 12.7. The lowest BCUT2D eigenvalue weighted by Crippen LogP contribution is -2.54. The molecule has 5 amide bonds. The minimum Gasteiger partial charge on any atom is -0.461 e. The molecule has 0 aliphatic carbocycles. The summed E-state index contributed by atoms with van der Waals surface area (Å²) < 4.78 is 44.9. The first-order valence-corrected chi connectivity index (χ1v) is 26.2. The van der Waals surface area contributed by atoms with Gasteiger partial charge in [-0.1, -0.05) is 42.3 Å². The first-order chi connectivity index (χ1) is 36.8. The third kappa shape index (κ3) is 8.92. The summed E-state index contributed by atoms with van der Waals surface area (Å²) >= 11 is 0. The summed E-state index contributed by atoms with van der Waals surface area (Å²) in [5.41, 5.74) is 2.13. The van der Waals surface area contributed by atoms with Crippen LogP contribution in [-0.4, -0.2) is 166 Å². The second-order valence-corrected chi connectivity index (χ2v) is 21.2. The van der Waals surface area contributed by atoms with E-state index in [-0.39, 0.29) is 84.2 Å². The van der Waals surface area contributed by atoms with Crippen molar-refractivity contribution >= 4 is 62.9 Å². The molecule has 7 aliphatic rings. The normalized spacial score (nSPS) is 24.6. The minimum atomic E-state index is -1.02. The van der Waals surface area contributed by atoms with Gasteiger partial charge in [0.25, 0.3) is 11.8 Å². The maximum Gasteiger partial charge on any atom is 0.409 e. The molecule has 76 heavy (non-hydrogen) atoms. The van der Waals surface area contributed by atoms with E-state index in [9.17, 15) is 24.0 Å². The topological polar surface area (TPSA) is 195 Å². The number of halogens is 2. The van der Waals surface area contributed by atoms with Crippen molar-refractivity contribution < 1.29 is 42.2 Å². The number of nitrogens with one attached hydrogen (secondary N) is 3. The molecule has 12 rings (SSSR count). The molecular formula is C56H57F2N11O7. The number of hydrogen-bond donors (Lipinski definition) is 3. The van der Waals surface area contributed by atoms with Gasteiger partial charge in [-0.25, -0.2) is 13.6 Å². The number of amides is 5. The van der Waals surface area contributed by atoms with Crippen LogP contribution in [0.4, 0.5) is 25.1 Å². The van der Waals surface area contributed by atoms with E-state index < -0.39 is 46.8 Å². The summed E-state index contributed by atoms with van der Waals surface area (Å²) in [5.74, 6) is -0.430. The second-order valence-electron chi connectivity index (χ2n) is 21.2. The lowest BCUT2D eigenvalue weighted by molar-refractivity contribution is -0.136. The quantitative estimate of drug-likeness (QED) is 0.0599. The van der Waals surface area contributed by atoms with E-state index in [1.54, 1.807) is 53.6 Å². The summed E-state index contributed by atoms with van der Waals surface area (Å²) in [6.07, 6.45) is 12.2. The number of anilines is 2. The smallest absolute Gasteiger partial charge is 0.409 e. The zero-order valence-electron chi connectivity index (χ0n) is 41.9. The van der Waals surface area contributed by atoms with E-state index >= 15 is 8.78 Å². The maximum absolute atomic E-state index is 17.2. The average molecular weight is 1030 g/mol. The van der Waals surface area contributed by atoms with Gasteiger partial charge in [-0.05, 0) is 81.1 Å². The molecule has 3 unspecified atom stereocenters. The van der Waals surface area contributed by atoms with Crippen LogP contribution in [0.2, 0.25) is 0 Å². The molecule has 6 fully saturated rings. The first kappa shape index (κ1) is 49.3. The Labute approximate surface area is 437 Å². The van der Waals surface area contributed by atoms with Gasteiger partial charge in [0.05, 0.1) is 27.6 Å². The second kappa shape index (κ2) is 19.8. The third-order valence-corrected chi connectivity index (χ3v) is 16.4. The number of terminal acetylenes is 1. The molecule has 3 N–H and O–H groups in total. The molecule has 392 valence electrons. The Kier molecular flexibility index (Phi) is 12.9. The van der Waals surface area contributed by atoms with Gasteiger partial charge in [0, 0.05) is 99.7 Å². The Bertz CT molecular complexity index is 3290. The number of hydrogen-bond acceptors (Lipinski definition) is 15. The predicted molar refractivity (Wildman–Crippen MR) is 278 cm³/mol. The fourth-order valence-corrected chi connectivity index (χ4v) is 12.7. The van der Waals surface area contributed by atoms with Crippen LogP contribution in [0.15, 0.2) is 66.9 Å². The Morgan fingerprint density at radius 1 is 0.947 bits per heavy atom. The van der Waals surface area contributed by atoms with E-state index in [0.29, 0.717) is 92.0 Å². The molecule has 5 aromatic rings. The number of ether oxygens (including phenoxy) is 2. The summed E-state index contributed by atoms with van der Waals surface area (Å²) in [7, 11) is 0. The molecule has 2 bridgehead atoms. The summed E-state index contributed by atoms with van der Waals surface area (Å²) in [6, 6.07) is 12.6. The largest absolute Gasteiger partial charge is 0.461 e. The van der Waals surface area contributed by atoms with Gasteiger partial charge in [0.2, 0.25) is 11.8 Å². The highest BCUT2D eigenvalue weighted by Crippen LogP contribution is 2.45. The SMILES string of the molecule is C#Cc1c(F)ccc2cccc(-c3ncc4c(N5CC6CCC(C5)N6)nc(OC[C@@]56CC[C@@H](COC(=O)N7CCN(CCCNc8ccc9c(c8)C(=O)N(C8CCC(=O)NC8=O)C9=O)CC7)N5CC(=C)C6)nc4c3F)c12. The van der Waals surface area contributed by atoms with Crippen molar-refractivity contribution in [3.63, 3.8) is 0 Å². The molecule has 0 spiro atoms. The zero-order chi connectivity index (χ0) is 52.4. The Balaban J connectivity index is 0.663. The number of piperidine rings is 1. The number of pyridine rings is 1. The van der Waals surface area contributed by atoms with Gasteiger partial charge < -0.3 is 29.9 Å². The third-order valence-electron chi connectivity index (χ3n) is 16.4. The van der Waals surface area contributed by atoms with Crippen molar-refractivity contribution in [2.75, 3.05) is 82.3 Å². The van der Waals surface area contributed by atoms with Crippen LogP contribution in [0, 0.1) is 24.0 Å². The van der Waals surface area contributed by atoms with Crippen molar-refractivity contribution in [2.24, 2.45) is 0 Å². The Morgan fingerprint density at radius 3 is 2.54 bits per heavy atom. The van der Waals surface area contributed by atoms with Crippen LogP contribution < -0.4 is 25.6 Å². The molecule has 2 aromatic heterocycles. The van der Waals surface area contributed by atoms with Gasteiger partial charge >= 0.3 is 12.1 Å². The number of fused-ring (bicyclic) bond motifs is 6. The summed E-state index contributed by atoms with van der Waals surface area (Å²) in [4.78, 5) is 87.7. The van der Waals surface area contributed by atoms with Crippen molar-refractivity contribution in [2.45, 2.75) is 81.1 Å². The lowest BCUT2D eigenvalue weighted by atomic mass is 9.94. The first-order valence-electron chi connectivity index (χ1n) is 26.2. The molecule has 18 nitrogen and oxygen atoms in total. The molecule has 20 heteroatoms. The zero-order valence-corrected chi connectivity index (χ0v) is 41.9. The predicted octanol–water partition coefficient (Wildman–Crippen LogP) is 5.24. The van der Waals surface area contributed by atoms with Gasteiger partial charge in [0.1, 0.15) is 42.1 Å².